The second kappa shape index (κ2) is 3.70. The Morgan fingerprint density at radius 3 is 2.83 bits per heavy atom. The van der Waals surface area contributed by atoms with E-state index in [-0.39, 0.29) is 24.8 Å². The lowest BCUT2D eigenvalue weighted by Gasteiger charge is -2.35. The smallest absolute Gasteiger partial charge is 0.0201 e. The van der Waals surface area contributed by atoms with E-state index >= 15 is 0 Å². The lowest BCUT2D eigenvalue weighted by atomic mass is 9.89. The minimum atomic E-state index is 0. The first-order valence-corrected chi connectivity index (χ1v) is 4.40. The van der Waals surface area contributed by atoms with Gasteiger partial charge in [0.05, 0.1) is 0 Å². The molecule has 4 atom stereocenters. The average molecular weight is 211 g/mol. The highest BCUT2D eigenvalue weighted by molar-refractivity contribution is 5.85. The van der Waals surface area contributed by atoms with Crippen LogP contribution in [0.2, 0.25) is 0 Å². The van der Waals surface area contributed by atoms with E-state index in [2.05, 4.69) is 10.2 Å². The number of fused-ring (bicyclic) bond motifs is 2. The molecule has 4 heteroatoms. The zero-order chi connectivity index (χ0) is 6.55. The van der Waals surface area contributed by atoms with Crippen molar-refractivity contribution in [3.8, 4) is 0 Å². The molecule has 3 heterocycles. The van der Waals surface area contributed by atoms with E-state index < -0.39 is 0 Å². The summed E-state index contributed by atoms with van der Waals surface area (Å²) >= 11 is 0. The van der Waals surface area contributed by atoms with Gasteiger partial charge in [-0.3, -0.25) is 0 Å². The van der Waals surface area contributed by atoms with E-state index in [4.69, 9.17) is 0 Å². The molecule has 3 rings (SSSR count). The second-order valence-corrected chi connectivity index (χ2v) is 4.01. The SMILES string of the molecule is C1[C@@H]2CN3CC[C@@H](N2)[C@@H]1C3.Cl.Cl. The first-order valence-electron chi connectivity index (χ1n) is 4.40. The summed E-state index contributed by atoms with van der Waals surface area (Å²) in [5.41, 5.74) is 0. The number of hydrogen-bond donors (Lipinski definition) is 1. The van der Waals surface area contributed by atoms with Gasteiger partial charge in [-0.25, -0.2) is 0 Å². The summed E-state index contributed by atoms with van der Waals surface area (Å²) in [6, 6.07) is 1.75. The summed E-state index contributed by atoms with van der Waals surface area (Å²) in [7, 11) is 0. The highest BCUT2D eigenvalue weighted by atomic mass is 35.5. The number of hydrogen-bond acceptors (Lipinski definition) is 2. The molecule has 72 valence electrons. The van der Waals surface area contributed by atoms with Gasteiger partial charge in [0, 0.05) is 25.2 Å². The van der Waals surface area contributed by atoms with Crippen LogP contribution in [0.15, 0.2) is 0 Å². The van der Waals surface area contributed by atoms with Crippen LogP contribution >= 0.6 is 24.8 Å². The van der Waals surface area contributed by atoms with Crippen LogP contribution in [0.1, 0.15) is 12.8 Å². The standard InChI is InChI=1S/C8H14N2.2ClH/c1-2-10-4-6-3-7(5-10)9-8(1)6;;/h6-9H,1-5H2;2*1H/t6-,7+,8+;;/m0../s1. The van der Waals surface area contributed by atoms with Gasteiger partial charge in [-0.05, 0) is 25.3 Å². The summed E-state index contributed by atoms with van der Waals surface area (Å²) < 4.78 is 0. The molecule has 0 aliphatic carbocycles. The largest absolute Gasteiger partial charge is 0.310 e. The van der Waals surface area contributed by atoms with Crippen LogP contribution in [0, 0.1) is 5.92 Å². The molecule has 0 radical (unpaired) electrons. The normalized spacial score (nSPS) is 48.0. The maximum atomic E-state index is 3.70. The van der Waals surface area contributed by atoms with Crippen molar-refractivity contribution in [2.24, 2.45) is 5.92 Å². The van der Waals surface area contributed by atoms with Crippen molar-refractivity contribution in [3.05, 3.63) is 0 Å². The molecule has 3 aliphatic rings. The number of piperidine rings is 2. The van der Waals surface area contributed by atoms with Gasteiger partial charge in [0.1, 0.15) is 0 Å². The van der Waals surface area contributed by atoms with E-state index in [1.165, 1.54) is 32.5 Å². The summed E-state index contributed by atoms with van der Waals surface area (Å²) in [6.45, 7) is 4.06. The van der Waals surface area contributed by atoms with Crippen molar-refractivity contribution in [3.63, 3.8) is 0 Å². The molecule has 3 saturated heterocycles. The third kappa shape index (κ3) is 1.46. The van der Waals surface area contributed by atoms with Crippen LogP contribution in [0.3, 0.4) is 0 Å². The van der Waals surface area contributed by atoms with Crippen LogP contribution in [0.4, 0.5) is 0 Å². The van der Waals surface area contributed by atoms with E-state index in [1.54, 1.807) is 0 Å². The zero-order valence-corrected chi connectivity index (χ0v) is 8.66. The lowest BCUT2D eigenvalue weighted by Crippen LogP contribution is -2.44. The monoisotopic (exact) mass is 210 g/mol. The maximum absolute atomic E-state index is 3.70. The van der Waals surface area contributed by atoms with Gasteiger partial charge in [-0.1, -0.05) is 0 Å². The van der Waals surface area contributed by atoms with Crippen LogP contribution in [-0.4, -0.2) is 36.6 Å². The van der Waals surface area contributed by atoms with Crippen LogP contribution in [0.5, 0.6) is 0 Å². The topological polar surface area (TPSA) is 15.3 Å². The molecule has 3 aliphatic heterocycles. The van der Waals surface area contributed by atoms with E-state index in [9.17, 15) is 0 Å². The Kier molecular flexibility index (Phi) is 3.27. The molecule has 0 aromatic carbocycles. The van der Waals surface area contributed by atoms with Gasteiger partial charge in [-0.2, -0.15) is 0 Å². The van der Waals surface area contributed by atoms with Crippen molar-refractivity contribution < 1.29 is 0 Å². The predicted molar refractivity (Wildman–Crippen MR) is 54.4 cm³/mol. The van der Waals surface area contributed by atoms with Crippen LogP contribution in [-0.2, 0) is 0 Å². The molecule has 0 aromatic heterocycles. The van der Waals surface area contributed by atoms with Gasteiger partial charge in [0.25, 0.3) is 0 Å². The first kappa shape index (κ1) is 10.6. The maximum Gasteiger partial charge on any atom is 0.0201 e. The van der Waals surface area contributed by atoms with Gasteiger partial charge in [0.2, 0.25) is 0 Å². The fraction of sp³-hybridized carbons (Fsp3) is 1.00. The van der Waals surface area contributed by atoms with Crippen LogP contribution < -0.4 is 5.32 Å². The molecule has 0 spiro atoms. The third-order valence-electron chi connectivity index (χ3n) is 3.33. The highest BCUT2D eigenvalue weighted by Gasteiger charge is 2.42. The lowest BCUT2D eigenvalue weighted by molar-refractivity contribution is 0.149. The predicted octanol–water partition coefficient (Wildman–Crippen LogP) is 0.896. The van der Waals surface area contributed by atoms with E-state index in [0.29, 0.717) is 0 Å². The minimum absolute atomic E-state index is 0. The molecule has 0 amide bonds. The summed E-state index contributed by atoms with van der Waals surface area (Å²) in [6.07, 6.45) is 2.86. The Hall–Kier alpha value is 0.500. The Morgan fingerprint density at radius 1 is 1.17 bits per heavy atom. The molecule has 3 bridgehead atoms. The summed E-state index contributed by atoms with van der Waals surface area (Å²) in [4.78, 5) is 2.62. The van der Waals surface area contributed by atoms with Gasteiger partial charge >= 0.3 is 0 Å². The minimum Gasteiger partial charge on any atom is -0.310 e. The second-order valence-electron chi connectivity index (χ2n) is 4.01. The van der Waals surface area contributed by atoms with Crippen molar-refractivity contribution >= 4 is 24.8 Å². The number of rotatable bonds is 0. The molecular weight excluding hydrogens is 195 g/mol. The van der Waals surface area contributed by atoms with Crippen molar-refractivity contribution in [2.45, 2.75) is 24.9 Å². The first-order chi connectivity index (χ1) is 4.92. The van der Waals surface area contributed by atoms with Crippen molar-refractivity contribution in [1.82, 2.24) is 10.2 Å². The molecule has 3 fully saturated rings. The summed E-state index contributed by atoms with van der Waals surface area (Å²) in [5.74, 6) is 1.01. The Bertz CT molecular complexity index is 155. The van der Waals surface area contributed by atoms with Crippen molar-refractivity contribution in [1.29, 1.82) is 0 Å². The van der Waals surface area contributed by atoms with Gasteiger partial charge in [-0.15, -0.1) is 24.8 Å². The van der Waals surface area contributed by atoms with Gasteiger partial charge in [0.15, 0.2) is 0 Å². The van der Waals surface area contributed by atoms with Crippen LogP contribution in [0.25, 0.3) is 0 Å². The number of nitrogens with one attached hydrogen (secondary N) is 1. The molecule has 0 saturated carbocycles. The molecule has 1 N–H and O–H groups in total. The van der Waals surface area contributed by atoms with Crippen molar-refractivity contribution in [2.75, 3.05) is 19.6 Å². The fourth-order valence-corrected chi connectivity index (χ4v) is 2.91. The molecule has 0 aromatic rings. The third-order valence-corrected chi connectivity index (χ3v) is 3.33. The van der Waals surface area contributed by atoms with E-state index in [0.717, 1.165) is 18.0 Å². The average Bonchev–Trinajstić information content (AvgIpc) is 2.11. The van der Waals surface area contributed by atoms with Gasteiger partial charge < -0.3 is 10.2 Å². The zero-order valence-electron chi connectivity index (χ0n) is 7.03. The summed E-state index contributed by atoms with van der Waals surface area (Å²) in [5, 5.41) is 3.70. The molecule has 12 heavy (non-hydrogen) atoms. The Balaban J connectivity index is 0.000000360. The van der Waals surface area contributed by atoms with E-state index in [1.807, 2.05) is 0 Å². The Morgan fingerprint density at radius 2 is 2.00 bits per heavy atom. The number of nitrogens with zero attached hydrogens (tertiary/aromatic N) is 1. The molecular formula is C8H16Cl2N2. The Labute approximate surface area is 85.9 Å². The fourth-order valence-electron chi connectivity index (χ4n) is 2.91. The number of halogens is 2. The highest BCUT2D eigenvalue weighted by Crippen LogP contribution is 2.32. The quantitative estimate of drug-likeness (QED) is 0.640. The molecule has 1 unspecified atom stereocenters. The molecule has 2 nitrogen and oxygen atoms in total.